The van der Waals surface area contributed by atoms with E-state index < -0.39 is 11.1 Å². The fourth-order valence-electron chi connectivity index (χ4n) is 3.80. The molecule has 4 rings (SSSR count). The monoisotopic (exact) mass is 534 g/mol. The minimum absolute atomic E-state index is 0.213. The molecule has 0 spiro atoms. The van der Waals surface area contributed by atoms with Crippen LogP contribution >= 0.6 is 35.0 Å². The van der Waals surface area contributed by atoms with Gasteiger partial charge in [-0.3, -0.25) is 19.3 Å². The number of halogens is 2. The first-order valence-electron chi connectivity index (χ1n) is 11.2. The van der Waals surface area contributed by atoms with Crippen LogP contribution in [0.2, 0.25) is 10.0 Å². The first kappa shape index (κ1) is 25.4. The Morgan fingerprint density at radius 3 is 2.49 bits per heavy atom. The van der Waals surface area contributed by atoms with Crippen molar-refractivity contribution in [1.29, 1.82) is 0 Å². The van der Waals surface area contributed by atoms with E-state index in [4.69, 9.17) is 32.7 Å². The van der Waals surface area contributed by atoms with Gasteiger partial charge in [0.1, 0.15) is 13.2 Å². The van der Waals surface area contributed by atoms with Gasteiger partial charge >= 0.3 is 0 Å². The number of ether oxygens (including phenoxy) is 2. The number of hydrogen-bond acceptors (Lipinski definition) is 6. The maximum Gasteiger partial charge on any atom is 0.294 e. The van der Waals surface area contributed by atoms with E-state index in [2.05, 4.69) is 0 Å². The Morgan fingerprint density at radius 1 is 1.09 bits per heavy atom. The third-order valence-electron chi connectivity index (χ3n) is 5.55. The van der Waals surface area contributed by atoms with Crippen LogP contribution in [-0.4, -0.2) is 53.1 Å². The Bertz CT molecular complexity index is 1160. The van der Waals surface area contributed by atoms with Crippen molar-refractivity contribution in [1.82, 2.24) is 9.80 Å². The van der Waals surface area contributed by atoms with Gasteiger partial charge < -0.3 is 14.4 Å². The third-order valence-corrected chi connectivity index (χ3v) is 6.99. The largest absolute Gasteiger partial charge is 0.490 e. The van der Waals surface area contributed by atoms with Gasteiger partial charge in [0.15, 0.2) is 11.5 Å². The second-order valence-electron chi connectivity index (χ2n) is 8.03. The fourth-order valence-corrected chi connectivity index (χ4v) is 5.04. The molecule has 0 aromatic heterocycles. The summed E-state index contributed by atoms with van der Waals surface area (Å²) in [5.74, 6) is 0.0909. The van der Waals surface area contributed by atoms with Crippen LogP contribution in [0.15, 0.2) is 41.3 Å². The van der Waals surface area contributed by atoms with Gasteiger partial charge in [-0.2, -0.15) is 0 Å². The lowest BCUT2D eigenvalue weighted by Gasteiger charge is -2.18. The van der Waals surface area contributed by atoms with Crippen molar-refractivity contribution in [3.8, 4) is 11.5 Å². The highest BCUT2D eigenvalue weighted by atomic mass is 35.5. The second-order valence-corrected chi connectivity index (χ2v) is 9.87. The average molecular weight is 535 g/mol. The zero-order valence-corrected chi connectivity index (χ0v) is 21.4. The summed E-state index contributed by atoms with van der Waals surface area (Å²) in [6.45, 7) is 3.56. The molecule has 0 unspecified atom stereocenters. The standard InChI is InChI=1S/C25H24Cl2N2O5S/c1-2-33-20-12-17(11-19(27)23(20)34-15-16-5-7-18(26)8-6-16)13-21-24(31)29(25(32)35-21)14-22(30)28-9-3-4-10-28/h5-8,11-13H,2-4,9-10,14-15H2,1H3/b21-13+. The van der Waals surface area contributed by atoms with Crippen LogP contribution in [0, 0.1) is 0 Å². The zero-order valence-electron chi connectivity index (χ0n) is 19.1. The van der Waals surface area contributed by atoms with Crippen LogP contribution in [0.3, 0.4) is 0 Å². The summed E-state index contributed by atoms with van der Waals surface area (Å²) in [5.41, 5.74) is 1.49. The maximum absolute atomic E-state index is 12.9. The van der Waals surface area contributed by atoms with Crippen LogP contribution in [0.4, 0.5) is 4.79 Å². The average Bonchev–Trinajstić information content (AvgIpc) is 3.45. The Balaban J connectivity index is 1.51. The molecule has 2 aromatic rings. The number of hydrogen-bond donors (Lipinski definition) is 0. The lowest BCUT2D eigenvalue weighted by Crippen LogP contribution is -2.40. The molecule has 35 heavy (non-hydrogen) atoms. The molecule has 2 aromatic carbocycles. The highest BCUT2D eigenvalue weighted by Crippen LogP contribution is 2.39. The summed E-state index contributed by atoms with van der Waals surface area (Å²) in [5, 5.41) is 0.475. The van der Waals surface area contributed by atoms with Crippen molar-refractivity contribution in [2.24, 2.45) is 0 Å². The van der Waals surface area contributed by atoms with Crippen LogP contribution in [0.25, 0.3) is 6.08 Å². The van der Waals surface area contributed by atoms with E-state index in [-0.39, 0.29) is 24.0 Å². The van der Waals surface area contributed by atoms with Crippen LogP contribution in [0.5, 0.6) is 11.5 Å². The number of carbonyl (C=O) groups excluding carboxylic acids is 3. The van der Waals surface area contributed by atoms with E-state index >= 15 is 0 Å². The SMILES string of the molecule is CCOc1cc(/C=C2/SC(=O)N(CC(=O)N3CCCC3)C2=O)cc(Cl)c1OCc1ccc(Cl)cc1. The molecule has 2 aliphatic rings. The van der Waals surface area contributed by atoms with E-state index in [1.165, 1.54) is 0 Å². The minimum atomic E-state index is -0.496. The summed E-state index contributed by atoms with van der Waals surface area (Å²) in [7, 11) is 0. The number of likely N-dealkylation sites (tertiary alicyclic amines) is 1. The van der Waals surface area contributed by atoms with Gasteiger partial charge in [0.25, 0.3) is 11.1 Å². The van der Waals surface area contributed by atoms with E-state index in [1.807, 2.05) is 19.1 Å². The van der Waals surface area contributed by atoms with Crippen molar-refractivity contribution in [2.75, 3.05) is 26.2 Å². The highest BCUT2D eigenvalue weighted by molar-refractivity contribution is 8.18. The molecule has 2 aliphatic heterocycles. The molecule has 0 atom stereocenters. The Hall–Kier alpha value is -2.68. The lowest BCUT2D eigenvalue weighted by atomic mass is 10.1. The molecule has 0 N–H and O–H groups in total. The van der Waals surface area contributed by atoms with Crippen molar-refractivity contribution in [2.45, 2.75) is 26.4 Å². The molecule has 3 amide bonds. The first-order valence-corrected chi connectivity index (χ1v) is 12.8. The van der Waals surface area contributed by atoms with Gasteiger partial charge in [0.05, 0.1) is 16.5 Å². The van der Waals surface area contributed by atoms with Gasteiger partial charge in [0, 0.05) is 18.1 Å². The molecule has 0 saturated carbocycles. The predicted molar refractivity (Wildman–Crippen MR) is 137 cm³/mol. The fraction of sp³-hybridized carbons (Fsp3) is 0.320. The smallest absolute Gasteiger partial charge is 0.294 e. The molecule has 7 nitrogen and oxygen atoms in total. The Morgan fingerprint density at radius 2 is 1.80 bits per heavy atom. The minimum Gasteiger partial charge on any atom is -0.490 e. The predicted octanol–water partition coefficient (Wildman–Crippen LogP) is 5.63. The molecule has 0 aliphatic carbocycles. The molecule has 2 fully saturated rings. The number of rotatable bonds is 8. The molecule has 10 heteroatoms. The van der Waals surface area contributed by atoms with E-state index in [0.717, 1.165) is 35.1 Å². The summed E-state index contributed by atoms with van der Waals surface area (Å²) in [4.78, 5) is 40.6. The van der Waals surface area contributed by atoms with E-state index in [1.54, 1.807) is 35.2 Å². The van der Waals surface area contributed by atoms with Gasteiger partial charge in [-0.25, -0.2) is 0 Å². The van der Waals surface area contributed by atoms with Crippen molar-refractivity contribution >= 4 is 58.1 Å². The van der Waals surface area contributed by atoms with Crippen LogP contribution in [-0.2, 0) is 16.2 Å². The van der Waals surface area contributed by atoms with Crippen molar-refractivity contribution < 1.29 is 23.9 Å². The quantitative estimate of drug-likeness (QED) is 0.408. The molecule has 0 radical (unpaired) electrons. The zero-order chi connectivity index (χ0) is 24.9. The number of thioether (sulfide) groups is 1. The van der Waals surface area contributed by atoms with Gasteiger partial charge in [0.2, 0.25) is 5.91 Å². The summed E-state index contributed by atoms with van der Waals surface area (Å²) >= 11 is 13.2. The molecular formula is C25H24Cl2N2O5S. The lowest BCUT2D eigenvalue weighted by molar-refractivity contribution is -0.135. The van der Waals surface area contributed by atoms with Gasteiger partial charge in [-0.05, 0) is 73.0 Å². The van der Waals surface area contributed by atoms with Crippen LogP contribution in [0.1, 0.15) is 30.9 Å². The van der Waals surface area contributed by atoms with Crippen LogP contribution < -0.4 is 9.47 Å². The van der Waals surface area contributed by atoms with Gasteiger partial charge in [-0.15, -0.1) is 0 Å². The first-order chi connectivity index (χ1) is 16.9. The highest BCUT2D eigenvalue weighted by Gasteiger charge is 2.37. The molecule has 0 bridgehead atoms. The van der Waals surface area contributed by atoms with Crippen molar-refractivity contribution in [3.05, 3.63) is 62.5 Å². The maximum atomic E-state index is 12.9. The number of carbonyl (C=O) groups is 3. The molecular weight excluding hydrogens is 511 g/mol. The third kappa shape index (κ3) is 6.12. The molecule has 2 heterocycles. The topological polar surface area (TPSA) is 76.2 Å². The van der Waals surface area contributed by atoms with E-state index in [9.17, 15) is 14.4 Å². The van der Waals surface area contributed by atoms with Crippen molar-refractivity contribution in [3.63, 3.8) is 0 Å². The molecule has 2 saturated heterocycles. The normalized spacial score (nSPS) is 16.9. The number of amides is 3. The molecule has 184 valence electrons. The Kier molecular flexibility index (Phi) is 8.26. The van der Waals surface area contributed by atoms with E-state index in [0.29, 0.717) is 46.8 Å². The number of imide groups is 1. The summed E-state index contributed by atoms with van der Waals surface area (Å²) in [6, 6.07) is 10.6. The Labute approximate surface area is 217 Å². The van der Waals surface area contributed by atoms with Gasteiger partial charge in [-0.1, -0.05) is 35.3 Å². The number of nitrogens with zero attached hydrogens (tertiary/aromatic N) is 2. The second kappa shape index (κ2) is 11.4. The number of benzene rings is 2. The summed E-state index contributed by atoms with van der Waals surface area (Å²) < 4.78 is 11.7. The summed E-state index contributed by atoms with van der Waals surface area (Å²) in [6.07, 6.45) is 3.45.